The van der Waals surface area contributed by atoms with Crippen LogP contribution in [0.3, 0.4) is 0 Å². The zero-order chi connectivity index (χ0) is 10.6. The van der Waals surface area contributed by atoms with Crippen LogP contribution in [0.5, 0.6) is 0 Å². The summed E-state index contributed by atoms with van der Waals surface area (Å²) in [4.78, 5) is 11.5. The maximum Gasteiger partial charge on any atom is 0.228 e. The predicted octanol–water partition coefficient (Wildman–Crippen LogP) is 3.26. The first kappa shape index (κ1) is 11.5. The molecule has 14 heavy (non-hydrogen) atoms. The number of para-hydroxylation sites is 1. The number of alkyl halides is 1. The van der Waals surface area contributed by atoms with Crippen LogP contribution in [0.1, 0.15) is 6.92 Å². The highest BCUT2D eigenvalue weighted by molar-refractivity contribution is 9.10. The SMILES string of the molecule is CC(CCl)C(=O)Nc1ccccc1Br. The highest BCUT2D eigenvalue weighted by Crippen LogP contribution is 2.21. The maximum atomic E-state index is 11.5. The Morgan fingerprint density at radius 1 is 1.57 bits per heavy atom. The molecule has 1 unspecified atom stereocenters. The second-order valence-corrected chi connectivity index (χ2v) is 4.19. The minimum Gasteiger partial charge on any atom is -0.325 e. The van der Waals surface area contributed by atoms with Crippen molar-refractivity contribution >= 4 is 39.1 Å². The predicted molar refractivity (Wildman–Crippen MR) is 62.7 cm³/mol. The van der Waals surface area contributed by atoms with Gasteiger partial charge in [-0.15, -0.1) is 11.6 Å². The van der Waals surface area contributed by atoms with Gasteiger partial charge in [0.2, 0.25) is 5.91 Å². The lowest BCUT2D eigenvalue weighted by atomic mass is 10.2. The Kier molecular flexibility index (Phi) is 4.42. The van der Waals surface area contributed by atoms with Crippen LogP contribution in [0.15, 0.2) is 28.7 Å². The summed E-state index contributed by atoms with van der Waals surface area (Å²) in [5, 5.41) is 2.79. The van der Waals surface area contributed by atoms with Gasteiger partial charge in [-0.05, 0) is 28.1 Å². The Morgan fingerprint density at radius 3 is 2.79 bits per heavy atom. The molecular formula is C10H11BrClNO. The first-order chi connectivity index (χ1) is 6.65. The van der Waals surface area contributed by atoms with E-state index in [1.54, 1.807) is 6.92 Å². The topological polar surface area (TPSA) is 29.1 Å². The second kappa shape index (κ2) is 5.37. The highest BCUT2D eigenvalue weighted by atomic mass is 79.9. The van der Waals surface area contributed by atoms with E-state index in [-0.39, 0.29) is 11.8 Å². The van der Waals surface area contributed by atoms with Crippen molar-refractivity contribution in [1.29, 1.82) is 0 Å². The Morgan fingerprint density at radius 2 is 2.21 bits per heavy atom. The summed E-state index contributed by atoms with van der Waals surface area (Å²) in [6.07, 6.45) is 0. The van der Waals surface area contributed by atoms with E-state index in [0.29, 0.717) is 5.88 Å². The summed E-state index contributed by atoms with van der Waals surface area (Å²) in [6, 6.07) is 7.47. The smallest absolute Gasteiger partial charge is 0.228 e. The molecule has 1 N–H and O–H groups in total. The Hall–Kier alpha value is -0.540. The lowest BCUT2D eigenvalue weighted by Crippen LogP contribution is -2.21. The molecule has 76 valence electrons. The molecule has 0 fully saturated rings. The van der Waals surface area contributed by atoms with Crippen molar-refractivity contribution in [3.05, 3.63) is 28.7 Å². The first-order valence-corrected chi connectivity index (χ1v) is 5.59. The van der Waals surface area contributed by atoms with Crippen molar-refractivity contribution in [3.63, 3.8) is 0 Å². The number of hydrogen-bond acceptors (Lipinski definition) is 1. The largest absolute Gasteiger partial charge is 0.325 e. The third-order valence-corrected chi connectivity index (χ3v) is 2.97. The molecule has 4 heteroatoms. The third-order valence-electron chi connectivity index (χ3n) is 1.81. The van der Waals surface area contributed by atoms with E-state index in [0.717, 1.165) is 10.2 Å². The van der Waals surface area contributed by atoms with Gasteiger partial charge in [0.1, 0.15) is 0 Å². The lowest BCUT2D eigenvalue weighted by molar-refractivity contribution is -0.118. The lowest BCUT2D eigenvalue weighted by Gasteiger charge is -2.10. The molecule has 0 radical (unpaired) electrons. The van der Waals surface area contributed by atoms with Crippen LogP contribution in [-0.2, 0) is 4.79 Å². The molecule has 1 atom stereocenters. The van der Waals surface area contributed by atoms with Crippen LogP contribution in [0, 0.1) is 5.92 Å². The molecule has 0 aromatic heterocycles. The summed E-state index contributed by atoms with van der Waals surface area (Å²) >= 11 is 8.93. The number of halogens is 2. The van der Waals surface area contributed by atoms with Gasteiger partial charge >= 0.3 is 0 Å². The van der Waals surface area contributed by atoms with Crippen molar-refractivity contribution in [2.75, 3.05) is 11.2 Å². The van der Waals surface area contributed by atoms with Crippen molar-refractivity contribution in [2.24, 2.45) is 5.92 Å². The maximum absolute atomic E-state index is 11.5. The first-order valence-electron chi connectivity index (χ1n) is 4.26. The zero-order valence-corrected chi connectivity index (χ0v) is 10.1. The summed E-state index contributed by atoms with van der Waals surface area (Å²) in [5.41, 5.74) is 0.773. The second-order valence-electron chi connectivity index (χ2n) is 3.02. The van der Waals surface area contributed by atoms with E-state index in [1.807, 2.05) is 24.3 Å². The van der Waals surface area contributed by atoms with E-state index in [4.69, 9.17) is 11.6 Å². The molecule has 0 spiro atoms. The quantitative estimate of drug-likeness (QED) is 0.844. The number of hydrogen-bond donors (Lipinski definition) is 1. The van der Waals surface area contributed by atoms with Gasteiger partial charge in [-0.25, -0.2) is 0 Å². The Labute approximate surface area is 96.8 Å². The minimum atomic E-state index is -0.177. The molecule has 1 aromatic rings. The Balaban J connectivity index is 2.70. The van der Waals surface area contributed by atoms with Crippen LogP contribution in [0.4, 0.5) is 5.69 Å². The monoisotopic (exact) mass is 275 g/mol. The molecule has 0 aliphatic rings. The summed E-state index contributed by atoms with van der Waals surface area (Å²) in [6.45, 7) is 1.79. The van der Waals surface area contributed by atoms with Crippen LogP contribution in [-0.4, -0.2) is 11.8 Å². The van der Waals surface area contributed by atoms with E-state index in [2.05, 4.69) is 21.2 Å². The van der Waals surface area contributed by atoms with Crippen LogP contribution in [0.2, 0.25) is 0 Å². The molecule has 0 aliphatic heterocycles. The molecule has 1 rings (SSSR count). The van der Waals surface area contributed by atoms with E-state index in [1.165, 1.54) is 0 Å². The molecular weight excluding hydrogens is 265 g/mol. The molecule has 0 heterocycles. The molecule has 1 aromatic carbocycles. The van der Waals surface area contributed by atoms with Gasteiger partial charge in [0, 0.05) is 16.3 Å². The average Bonchev–Trinajstić information content (AvgIpc) is 2.20. The van der Waals surface area contributed by atoms with Gasteiger partial charge in [-0.1, -0.05) is 19.1 Å². The fourth-order valence-corrected chi connectivity index (χ4v) is 1.41. The molecule has 1 amide bonds. The van der Waals surface area contributed by atoms with Crippen molar-refractivity contribution in [1.82, 2.24) is 0 Å². The molecule has 2 nitrogen and oxygen atoms in total. The number of benzene rings is 1. The fourth-order valence-electron chi connectivity index (χ4n) is 0.889. The number of rotatable bonds is 3. The van der Waals surface area contributed by atoms with Gasteiger partial charge in [0.25, 0.3) is 0 Å². The molecule has 0 saturated heterocycles. The third kappa shape index (κ3) is 3.00. The van der Waals surface area contributed by atoms with Crippen LogP contribution < -0.4 is 5.32 Å². The van der Waals surface area contributed by atoms with Crippen molar-refractivity contribution in [2.45, 2.75) is 6.92 Å². The van der Waals surface area contributed by atoms with Gasteiger partial charge in [0.15, 0.2) is 0 Å². The molecule has 0 saturated carbocycles. The van der Waals surface area contributed by atoms with Gasteiger partial charge in [-0.2, -0.15) is 0 Å². The summed E-state index contributed by atoms with van der Waals surface area (Å²) in [7, 11) is 0. The van der Waals surface area contributed by atoms with Gasteiger partial charge in [0.05, 0.1) is 5.69 Å². The molecule has 0 aliphatic carbocycles. The number of nitrogens with one attached hydrogen (secondary N) is 1. The summed E-state index contributed by atoms with van der Waals surface area (Å²) < 4.78 is 0.870. The number of anilines is 1. The molecule has 0 bridgehead atoms. The normalized spacial score (nSPS) is 12.2. The van der Waals surface area contributed by atoms with Crippen molar-refractivity contribution < 1.29 is 4.79 Å². The number of amides is 1. The Bertz CT molecular complexity index is 330. The fraction of sp³-hybridized carbons (Fsp3) is 0.300. The van der Waals surface area contributed by atoms with Crippen LogP contribution >= 0.6 is 27.5 Å². The van der Waals surface area contributed by atoms with Crippen molar-refractivity contribution in [3.8, 4) is 0 Å². The standard InChI is InChI=1S/C10H11BrClNO/c1-7(6-12)10(14)13-9-5-3-2-4-8(9)11/h2-5,7H,6H2,1H3,(H,13,14). The van der Waals surface area contributed by atoms with Gasteiger partial charge in [-0.3, -0.25) is 4.79 Å². The van der Waals surface area contributed by atoms with Crippen LogP contribution in [0.25, 0.3) is 0 Å². The van der Waals surface area contributed by atoms with E-state index < -0.39 is 0 Å². The minimum absolute atomic E-state index is 0.0631. The average molecular weight is 277 g/mol. The van der Waals surface area contributed by atoms with E-state index in [9.17, 15) is 4.79 Å². The number of carbonyl (C=O) groups is 1. The zero-order valence-electron chi connectivity index (χ0n) is 7.76. The van der Waals surface area contributed by atoms with Gasteiger partial charge < -0.3 is 5.32 Å². The van der Waals surface area contributed by atoms with E-state index >= 15 is 0 Å². The summed E-state index contributed by atoms with van der Waals surface area (Å²) in [5.74, 6) is 0.0895. The highest BCUT2D eigenvalue weighted by Gasteiger charge is 2.12. The number of carbonyl (C=O) groups excluding carboxylic acids is 1.